The highest BCUT2D eigenvalue weighted by atomic mass is 19.4. The van der Waals surface area contributed by atoms with Crippen LogP contribution in [-0.2, 0) is 26.8 Å². The normalized spacial score (nSPS) is 19.2. The minimum Gasteiger partial charge on any atom is -0.438 e. The van der Waals surface area contributed by atoms with E-state index in [2.05, 4.69) is 4.74 Å². The van der Waals surface area contributed by atoms with Gasteiger partial charge in [0.1, 0.15) is 6.61 Å². The first kappa shape index (κ1) is 20.6. The molecule has 0 spiro atoms. The van der Waals surface area contributed by atoms with Crippen molar-refractivity contribution >= 4 is 6.16 Å². The van der Waals surface area contributed by atoms with Gasteiger partial charge in [0.05, 0.1) is 12.7 Å². The lowest BCUT2D eigenvalue weighted by molar-refractivity contribution is -0.137. The Morgan fingerprint density at radius 1 is 1.15 bits per heavy atom. The van der Waals surface area contributed by atoms with E-state index >= 15 is 0 Å². The van der Waals surface area contributed by atoms with Crippen molar-refractivity contribution in [2.24, 2.45) is 0 Å². The van der Waals surface area contributed by atoms with Gasteiger partial charge in [-0.3, -0.25) is 0 Å². The molecule has 1 aliphatic heterocycles. The van der Waals surface area contributed by atoms with Gasteiger partial charge in [0.25, 0.3) is 0 Å². The van der Waals surface area contributed by atoms with Crippen LogP contribution in [0.4, 0.5) is 18.0 Å². The fraction of sp³-hybridized carbons (Fsp3) is 0.632. The smallest absolute Gasteiger partial charge is 0.438 e. The Morgan fingerprint density at radius 3 is 2.42 bits per heavy atom. The summed E-state index contributed by atoms with van der Waals surface area (Å²) in [5.74, 6) is -0.781. The molecule has 1 aliphatic rings. The number of carbonyl (C=O) groups is 1. The highest BCUT2D eigenvalue weighted by Gasteiger charge is 2.49. The van der Waals surface area contributed by atoms with Crippen molar-refractivity contribution in [1.82, 2.24) is 0 Å². The summed E-state index contributed by atoms with van der Waals surface area (Å²) in [6.45, 7) is 0.416. The number of benzene rings is 1. The molecular weight excluding hydrogens is 349 g/mol. The second-order valence-electron chi connectivity index (χ2n) is 6.58. The molecule has 7 heteroatoms. The molecule has 146 valence electrons. The fourth-order valence-corrected chi connectivity index (χ4v) is 2.86. The van der Waals surface area contributed by atoms with Crippen LogP contribution in [0.3, 0.4) is 0 Å². The molecular formula is C19H25F3O4. The maximum atomic E-state index is 12.7. The summed E-state index contributed by atoms with van der Waals surface area (Å²) in [5.41, 5.74) is 0.146. The van der Waals surface area contributed by atoms with Crippen molar-refractivity contribution in [2.75, 3.05) is 13.7 Å². The van der Waals surface area contributed by atoms with Gasteiger partial charge in [-0.2, -0.15) is 13.2 Å². The van der Waals surface area contributed by atoms with Crippen molar-refractivity contribution in [1.29, 1.82) is 0 Å². The minimum absolute atomic E-state index is 0.416. The molecule has 1 fully saturated rings. The van der Waals surface area contributed by atoms with Crippen LogP contribution < -0.4 is 0 Å². The van der Waals surface area contributed by atoms with E-state index in [0.29, 0.717) is 19.4 Å². The van der Waals surface area contributed by atoms with E-state index in [9.17, 15) is 18.0 Å². The molecule has 1 aromatic carbocycles. The molecule has 1 heterocycles. The summed E-state index contributed by atoms with van der Waals surface area (Å²) in [6.07, 6.45) is 2.13. The Labute approximate surface area is 151 Å². The molecule has 2 rings (SSSR count). The van der Waals surface area contributed by atoms with Crippen molar-refractivity contribution in [3.05, 3.63) is 35.4 Å². The third-order valence-corrected chi connectivity index (χ3v) is 4.43. The summed E-state index contributed by atoms with van der Waals surface area (Å²) in [5, 5.41) is 0. The van der Waals surface area contributed by atoms with Crippen LogP contribution in [0.1, 0.15) is 56.1 Å². The Bertz CT molecular complexity index is 582. The molecule has 1 unspecified atom stereocenters. The van der Waals surface area contributed by atoms with Crippen molar-refractivity contribution in [3.63, 3.8) is 0 Å². The van der Waals surface area contributed by atoms with E-state index in [0.717, 1.165) is 50.2 Å². The lowest BCUT2D eigenvalue weighted by Crippen LogP contribution is -2.21. The van der Waals surface area contributed by atoms with Gasteiger partial charge in [-0.25, -0.2) is 4.79 Å². The molecule has 0 amide bonds. The molecule has 0 radical (unpaired) electrons. The number of methoxy groups -OCH3 is 1. The standard InChI is InChI=1S/C19H25F3O4/c1-24-17(23)26-18(14-25-18)12-7-5-3-2-4-6-9-15-10-8-11-16(13-15)19(20,21)22/h8,10-11,13H,2-7,9,12,14H2,1H3. The number of halogens is 3. The van der Waals surface area contributed by atoms with E-state index in [4.69, 9.17) is 9.47 Å². The van der Waals surface area contributed by atoms with Crippen LogP contribution in [0.5, 0.6) is 0 Å². The van der Waals surface area contributed by atoms with Crippen LogP contribution in [0.2, 0.25) is 0 Å². The second-order valence-corrected chi connectivity index (χ2v) is 6.58. The maximum absolute atomic E-state index is 12.7. The molecule has 0 bridgehead atoms. The summed E-state index contributed by atoms with van der Waals surface area (Å²) < 4.78 is 52.7. The van der Waals surface area contributed by atoms with Gasteiger partial charge in [-0.05, 0) is 30.9 Å². The monoisotopic (exact) mass is 374 g/mol. The van der Waals surface area contributed by atoms with Crippen LogP contribution in [0.25, 0.3) is 0 Å². The van der Waals surface area contributed by atoms with E-state index in [-0.39, 0.29) is 0 Å². The number of hydrogen-bond donors (Lipinski definition) is 0. The van der Waals surface area contributed by atoms with E-state index in [1.807, 2.05) is 0 Å². The third-order valence-electron chi connectivity index (χ3n) is 4.43. The first-order valence-electron chi connectivity index (χ1n) is 8.92. The second kappa shape index (κ2) is 9.26. The summed E-state index contributed by atoms with van der Waals surface area (Å²) >= 11 is 0. The zero-order valence-electron chi connectivity index (χ0n) is 14.9. The number of aryl methyl sites for hydroxylation is 1. The lowest BCUT2D eigenvalue weighted by atomic mass is 10.0. The van der Waals surface area contributed by atoms with Gasteiger partial charge < -0.3 is 14.2 Å². The van der Waals surface area contributed by atoms with Crippen LogP contribution >= 0.6 is 0 Å². The predicted octanol–water partition coefficient (Wildman–Crippen LogP) is 5.49. The molecule has 26 heavy (non-hydrogen) atoms. The van der Waals surface area contributed by atoms with Gasteiger partial charge in [0.15, 0.2) is 0 Å². The van der Waals surface area contributed by atoms with Crippen LogP contribution in [0.15, 0.2) is 24.3 Å². The first-order chi connectivity index (χ1) is 12.3. The summed E-state index contributed by atoms with van der Waals surface area (Å²) in [7, 11) is 1.26. The van der Waals surface area contributed by atoms with Crippen molar-refractivity contribution in [3.8, 4) is 0 Å². The van der Waals surface area contributed by atoms with Gasteiger partial charge in [0, 0.05) is 6.42 Å². The van der Waals surface area contributed by atoms with Gasteiger partial charge in [-0.1, -0.05) is 43.9 Å². The predicted molar refractivity (Wildman–Crippen MR) is 89.6 cm³/mol. The van der Waals surface area contributed by atoms with Gasteiger partial charge >= 0.3 is 12.3 Å². The SMILES string of the molecule is COC(=O)OC1(CCCCCCCCc2cccc(C(F)(F)F)c2)CO1. The highest BCUT2D eigenvalue weighted by molar-refractivity contribution is 5.60. The highest BCUT2D eigenvalue weighted by Crippen LogP contribution is 2.35. The molecule has 0 aliphatic carbocycles. The van der Waals surface area contributed by atoms with Crippen LogP contribution in [-0.4, -0.2) is 25.7 Å². The Kier molecular flexibility index (Phi) is 7.32. The zero-order chi connectivity index (χ0) is 19.0. The van der Waals surface area contributed by atoms with E-state index in [1.165, 1.54) is 19.2 Å². The summed E-state index contributed by atoms with van der Waals surface area (Å²) in [4.78, 5) is 11.1. The fourth-order valence-electron chi connectivity index (χ4n) is 2.86. The molecule has 4 nitrogen and oxygen atoms in total. The minimum atomic E-state index is -4.28. The van der Waals surface area contributed by atoms with Gasteiger partial charge in [-0.15, -0.1) is 0 Å². The number of ether oxygens (including phenoxy) is 3. The Morgan fingerprint density at radius 2 is 1.81 bits per heavy atom. The average Bonchev–Trinajstić information content (AvgIpc) is 3.36. The molecule has 0 N–H and O–H groups in total. The lowest BCUT2D eigenvalue weighted by Gasteiger charge is -2.11. The molecule has 0 saturated carbocycles. The van der Waals surface area contributed by atoms with E-state index < -0.39 is 23.7 Å². The number of alkyl halides is 3. The van der Waals surface area contributed by atoms with Crippen molar-refractivity contribution < 1.29 is 32.2 Å². The Hall–Kier alpha value is -1.76. The largest absolute Gasteiger partial charge is 0.510 e. The topological polar surface area (TPSA) is 48.1 Å². The number of epoxide rings is 1. The number of carbonyl (C=O) groups excluding carboxylic acids is 1. The average molecular weight is 374 g/mol. The number of unbranched alkanes of at least 4 members (excludes halogenated alkanes) is 5. The Balaban J connectivity index is 1.53. The van der Waals surface area contributed by atoms with Crippen LogP contribution in [0, 0.1) is 0 Å². The zero-order valence-corrected chi connectivity index (χ0v) is 14.9. The maximum Gasteiger partial charge on any atom is 0.510 e. The van der Waals surface area contributed by atoms with E-state index in [1.54, 1.807) is 6.07 Å². The molecule has 1 atom stereocenters. The van der Waals surface area contributed by atoms with Gasteiger partial charge in [0.2, 0.25) is 5.79 Å². The molecule has 1 aromatic rings. The number of rotatable bonds is 10. The molecule has 1 saturated heterocycles. The quantitative estimate of drug-likeness (QED) is 0.309. The van der Waals surface area contributed by atoms with Crippen molar-refractivity contribution in [2.45, 2.75) is 63.3 Å². The molecule has 0 aromatic heterocycles. The first-order valence-corrected chi connectivity index (χ1v) is 8.92. The third kappa shape index (κ3) is 6.86. The number of hydrogen-bond acceptors (Lipinski definition) is 4. The summed E-state index contributed by atoms with van der Waals surface area (Å²) in [6, 6.07) is 5.54.